The lowest BCUT2D eigenvalue weighted by Crippen LogP contribution is -2.22. The van der Waals surface area contributed by atoms with Crippen molar-refractivity contribution in [2.24, 2.45) is 11.7 Å². The maximum absolute atomic E-state index is 12.0. The highest BCUT2D eigenvalue weighted by Gasteiger charge is 2.13. The van der Waals surface area contributed by atoms with Crippen LogP contribution in [0, 0.1) is 5.92 Å². The number of rotatable bonds is 14. The van der Waals surface area contributed by atoms with Crippen LogP contribution in [0.4, 0.5) is 4.79 Å². The number of hydrogen-bond donors (Lipinski definition) is 2. The molecule has 9 heteroatoms. The molecule has 0 saturated heterocycles. The Morgan fingerprint density at radius 1 is 1.16 bits per heavy atom. The number of methoxy groups -OCH3 is 1. The Labute approximate surface area is 182 Å². The minimum Gasteiger partial charge on any atom is -0.493 e. The molecule has 9 nitrogen and oxygen atoms in total. The van der Waals surface area contributed by atoms with E-state index in [4.69, 9.17) is 19.9 Å². The molecule has 0 bridgehead atoms. The lowest BCUT2D eigenvalue weighted by molar-refractivity contribution is -0.126. The number of unbranched alkanes of at least 4 members (excludes halogenated alkanes) is 2. The van der Waals surface area contributed by atoms with E-state index in [-0.39, 0.29) is 18.3 Å². The largest absolute Gasteiger partial charge is 0.516 e. The summed E-state index contributed by atoms with van der Waals surface area (Å²) < 4.78 is 19.7. The highest BCUT2D eigenvalue weighted by molar-refractivity contribution is 5.76. The van der Waals surface area contributed by atoms with Crippen LogP contribution in [0.1, 0.15) is 45.1 Å². The molecule has 1 aromatic carbocycles. The number of carbonyl (C=O) groups is 3. The lowest BCUT2D eigenvalue weighted by Gasteiger charge is -2.12. The smallest absolute Gasteiger partial charge is 0.493 e. The van der Waals surface area contributed by atoms with Crippen molar-refractivity contribution in [2.45, 2.75) is 46.1 Å². The van der Waals surface area contributed by atoms with Gasteiger partial charge < -0.3 is 30.0 Å². The van der Waals surface area contributed by atoms with E-state index in [1.165, 1.54) is 13.2 Å². The van der Waals surface area contributed by atoms with Crippen molar-refractivity contribution in [1.29, 1.82) is 0 Å². The van der Waals surface area contributed by atoms with Gasteiger partial charge in [0.25, 0.3) is 0 Å². The number of allylic oxidation sites excluding steroid dienone is 2. The van der Waals surface area contributed by atoms with Crippen molar-refractivity contribution >= 4 is 18.0 Å². The quantitative estimate of drug-likeness (QED) is 0.151. The van der Waals surface area contributed by atoms with Crippen molar-refractivity contribution in [1.82, 2.24) is 5.32 Å². The first-order valence-corrected chi connectivity index (χ1v) is 10.1. The topological polar surface area (TPSA) is 126 Å². The van der Waals surface area contributed by atoms with Crippen LogP contribution in [-0.2, 0) is 25.6 Å². The van der Waals surface area contributed by atoms with Crippen LogP contribution in [0.15, 0.2) is 30.4 Å². The zero-order valence-electron chi connectivity index (χ0n) is 18.3. The van der Waals surface area contributed by atoms with Crippen LogP contribution in [0.25, 0.3) is 0 Å². The average Bonchev–Trinajstić information content (AvgIpc) is 2.72. The van der Waals surface area contributed by atoms with Gasteiger partial charge in [0, 0.05) is 13.0 Å². The number of primary amides is 1. The Morgan fingerprint density at radius 2 is 1.94 bits per heavy atom. The van der Waals surface area contributed by atoms with Gasteiger partial charge in [-0.25, -0.2) is 4.79 Å². The number of hydrogen-bond acceptors (Lipinski definition) is 7. The maximum Gasteiger partial charge on any atom is 0.516 e. The molecule has 0 fully saturated rings. The van der Waals surface area contributed by atoms with Crippen molar-refractivity contribution in [3.63, 3.8) is 0 Å². The highest BCUT2D eigenvalue weighted by Crippen LogP contribution is 2.28. The summed E-state index contributed by atoms with van der Waals surface area (Å²) in [6.45, 7) is 3.75. The second-order valence-electron chi connectivity index (χ2n) is 7.11. The van der Waals surface area contributed by atoms with Crippen LogP contribution >= 0.6 is 0 Å². The van der Waals surface area contributed by atoms with Crippen molar-refractivity contribution in [2.75, 3.05) is 20.5 Å². The monoisotopic (exact) mass is 436 g/mol. The summed E-state index contributed by atoms with van der Waals surface area (Å²) in [4.78, 5) is 34.2. The number of carbonyl (C=O) groups excluding carboxylic acids is 3. The third-order valence-corrected chi connectivity index (χ3v) is 3.96. The summed E-state index contributed by atoms with van der Waals surface area (Å²) in [5.41, 5.74) is 5.69. The van der Waals surface area contributed by atoms with E-state index < -0.39 is 18.9 Å². The van der Waals surface area contributed by atoms with E-state index in [0.717, 1.165) is 24.8 Å². The molecule has 0 aromatic heterocycles. The molecule has 0 aliphatic heterocycles. The second-order valence-corrected chi connectivity index (χ2v) is 7.11. The normalized spacial score (nSPS) is 10.8. The molecule has 0 heterocycles. The van der Waals surface area contributed by atoms with E-state index in [9.17, 15) is 14.4 Å². The van der Waals surface area contributed by atoms with Gasteiger partial charge in [-0.1, -0.05) is 32.1 Å². The predicted molar refractivity (Wildman–Crippen MR) is 114 cm³/mol. The van der Waals surface area contributed by atoms with E-state index in [0.29, 0.717) is 24.6 Å². The number of nitrogens with two attached hydrogens (primary N) is 1. The van der Waals surface area contributed by atoms with E-state index in [2.05, 4.69) is 36.1 Å². The lowest BCUT2D eigenvalue weighted by atomic mass is 10.1. The summed E-state index contributed by atoms with van der Waals surface area (Å²) in [5.74, 6) is 0.294. The molecule has 1 rings (SSSR count). The third-order valence-electron chi connectivity index (χ3n) is 3.96. The van der Waals surface area contributed by atoms with Crippen molar-refractivity contribution in [3.05, 3.63) is 35.9 Å². The number of benzene rings is 1. The number of nitrogens with one attached hydrogen (secondary N) is 1. The molecular weight excluding hydrogens is 404 g/mol. The maximum atomic E-state index is 12.0. The van der Waals surface area contributed by atoms with Gasteiger partial charge in [0.15, 0.2) is 18.3 Å². The fraction of sp³-hybridized carbons (Fsp3) is 0.500. The molecule has 0 radical (unpaired) electrons. The van der Waals surface area contributed by atoms with Gasteiger partial charge in [-0.15, -0.1) is 0 Å². The molecule has 0 unspecified atom stereocenters. The standard InChI is InChI=1S/C22H32N2O7/c1-16(2)8-6-4-5-7-9-21(26)24-13-17-10-11-18(19(12-17)28-3)31-22(27)30-15-29-14-20(23)25/h6,8,10-12,16H,4-5,7,9,13-15H2,1-3H3,(H2,23,25)(H,24,26)/b8-6+. The Morgan fingerprint density at radius 3 is 2.61 bits per heavy atom. The second kappa shape index (κ2) is 14.8. The molecule has 0 spiro atoms. The summed E-state index contributed by atoms with van der Waals surface area (Å²) in [6.07, 6.45) is 6.55. The molecule has 0 aliphatic rings. The summed E-state index contributed by atoms with van der Waals surface area (Å²) in [6, 6.07) is 4.89. The minimum absolute atomic E-state index is 0.0216. The summed E-state index contributed by atoms with van der Waals surface area (Å²) in [5, 5.41) is 2.86. The Hall–Kier alpha value is -3.07. The molecule has 172 valence electrons. The molecular formula is C22H32N2O7. The molecule has 3 N–H and O–H groups in total. The Kier molecular flexibility index (Phi) is 12.4. The van der Waals surface area contributed by atoms with E-state index in [1.807, 2.05) is 0 Å². The van der Waals surface area contributed by atoms with Gasteiger partial charge in [-0.05, 0) is 42.9 Å². The van der Waals surface area contributed by atoms with Crippen LogP contribution in [0.3, 0.4) is 0 Å². The van der Waals surface area contributed by atoms with Crippen LogP contribution in [0.2, 0.25) is 0 Å². The van der Waals surface area contributed by atoms with Gasteiger partial charge in [0.1, 0.15) is 6.61 Å². The van der Waals surface area contributed by atoms with Gasteiger partial charge in [0.2, 0.25) is 11.8 Å². The fourth-order valence-electron chi connectivity index (χ4n) is 2.46. The molecule has 1 aromatic rings. The highest BCUT2D eigenvalue weighted by atomic mass is 16.8. The minimum atomic E-state index is -1.02. The zero-order chi connectivity index (χ0) is 23.1. The Bertz CT molecular complexity index is 747. The molecule has 0 atom stereocenters. The van der Waals surface area contributed by atoms with E-state index >= 15 is 0 Å². The van der Waals surface area contributed by atoms with Gasteiger partial charge in [0.05, 0.1) is 7.11 Å². The Balaban J connectivity index is 2.40. The first-order chi connectivity index (χ1) is 14.8. The SMILES string of the molecule is COc1cc(CNC(=O)CCCC/C=C/C(C)C)ccc1OC(=O)OCOCC(N)=O. The molecule has 0 aliphatic carbocycles. The molecule has 31 heavy (non-hydrogen) atoms. The van der Waals surface area contributed by atoms with Crippen molar-refractivity contribution in [3.8, 4) is 11.5 Å². The summed E-state index contributed by atoms with van der Waals surface area (Å²) in [7, 11) is 1.43. The van der Waals surface area contributed by atoms with Gasteiger partial charge >= 0.3 is 6.16 Å². The first kappa shape index (κ1) is 26.0. The van der Waals surface area contributed by atoms with Gasteiger partial charge in [-0.3, -0.25) is 9.59 Å². The molecule has 0 saturated carbocycles. The summed E-state index contributed by atoms with van der Waals surface area (Å²) >= 11 is 0. The first-order valence-electron chi connectivity index (χ1n) is 10.1. The van der Waals surface area contributed by atoms with Crippen LogP contribution < -0.4 is 20.5 Å². The third kappa shape index (κ3) is 12.3. The van der Waals surface area contributed by atoms with Gasteiger partial charge in [-0.2, -0.15) is 0 Å². The van der Waals surface area contributed by atoms with Crippen molar-refractivity contribution < 1.29 is 33.3 Å². The number of ether oxygens (including phenoxy) is 4. The predicted octanol–water partition coefficient (Wildman–Crippen LogP) is 3.06. The van der Waals surface area contributed by atoms with Crippen LogP contribution in [-0.4, -0.2) is 38.5 Å². The number of amides is 2. The van der Waals surface area contributed by atoms with E-state index in [1.54, 1.807) is 12.1 Å². The van der Waals surface area contributed by atoms with Crippen LogP contribution in [0.5, 0.6) is 11.5 Å². The fourth-order valence-corrected chi connectivity index (χ4v) is 2.46. The zero-order valence-corrected chi connectivity index (χ0v) is 18.3. The average molecular weight is 437 g/mol. The molecule has 2 amide bonds.